The van der Waals surface area contributed by atoms with Crippen LogP contribution in [0.4, 0.5) is 4.79 Å². The van der Waals surface area contributed by atoms with E-state index in [-0.39, 0.29) is 22.8 Å². The summed E-state index contributed by atoms with van der Waals surface area (Å²) in [5, 5.41) is 2.17. The van der Waals surface area contributed by atoms with Crippen LogP contribution in [0.3, 0.4) is 0 Å². The molecule has 0 bridgehead atoms. The predicted octanol–water partition coefficient (Wildman–Crippen LogP) is 4.22. The lowest BCUT2D eigenvalue weighted by atomic mass is 10.1. The van der Waals surface area contributed by atoms with Crippen molar-refractivity contribution in [2.75, 3.05) is 13.7 Å². The van der Waals surface area contributed by atoms with Crippen LogP contribution in [-0.2, 0) is 26.3 Å². The lowest BCUT2D eigenvalue weighted by Crippen LogP contribution is -2.53. The largest absolute Gasteiger partial charge is 0.493 e. The van der Waals surface area contributed by atoms with E-state index in [0.717, 1.165) is 16.9 Å². The highest BCUT2D eigenvalue weighted by Crippen LogP contribution is 2.29. The Bertz CT molecular complexity index is 1580. The van der Waals surface area contributed by atoms with Gasteiger partial charge in [0.2, 0.25) is 0 Å². The molecule has 1 fully saturated rings. The van der Waals surface area contributed by atoms with Crippen molar-refractivity contribution in [3.63, 3.8) is 0 Å². The Balaban J connectivity index is 1.56. The van der Waals surface area contributed by atoms with E-state index < -0.39 is 28.0 Å². The molecule has 0 radical (unpaired) electrons. The van der Waals surface area contributed by atoms with Crippen molar-refractivity contribution >= 4 is 34.0 Å². The molecule has 1 heterocycles. The minimum absolute atomic E-state index is 0.0102. The van der Waals surface area contributed by atoms with Gasteiger partial charge in [0.15, 0.2) is 11.5 Å². The average molecular weight is 565 g/mol. The van der Waals surface area contributed by atoms with Crippen LogP contribution in [0.2, 0.25) is 0 Å². The number of rotatable bonds is 10. The molecule has 10 nitrogen and oxygen atoms in total. The highest BCUT2D eigenvalue weighted by atomic mass is 32.2. The minimum atomic E-state index is -4.11. The van der Waals surface area contributed by atoms with Crippen LogP contribution in [0.1, 0.15) is 30.0 Å². The molecule has 0 saturated carbocycles. The van der Waals surface area contributed by atoms with E-state index in [9.17, 15) is 22.8 Å². The number of benzene rings is 3. The number of aryl methyl sites for hydroxylation is 1. The number of nitrogens with one attached hydrogen (secondary N) is 1. The molecule has 1 aliphatic heterocycles. The molecule has 3 aromatic rings. The number of ether oxygens (including phenoxy) is 2. The van der Waals surface area contributed by atoms with E-state index in [2.05, 4.69) is 5.32 Å². The zero-order valence-electron chi connectivity index (χ0n) is 22.2. The van der Waals surface area contributed by atoms with Crippen molar-refractivity contribution in [2.24, 2.45) is 0 Å². The van der Waals surface area contributed by atoms with Crippen LogP contribution in [-0.4, -0.2) is 44.9 Å². The second-order valence-electron chi connectivity index (χ2n) is 8.97. The van der Waals surface area contributed by atoms with Crippen molar-refractivity contribution in [3.8, 4) is 17.2 Å². The summed E-state index contributed by atoms with van der Waals surface area (Å²) in [5.41, 5.74) is 1.50. The molecule has 1 saturated heterocycles. The number of methoxy groups -OCH3 is 1. The van der Waals surface area contributed by atoms with Gasteiger partial charge in [-0.05, 0) is 66.9 Å². The number of hydrogen-bond acceptors (Lipinski definition) is 8. The smallest absolute Gasteiger partial charge is 0.339 e. The number of hydrogen-bond donors (Lipinski definition) is 1. The zero-order chi connectivity index (χ0) is 28.9. The van der Waals surface area contributed by atoms with Crippen LogP contribution in [0, 0.1) is 6.92 Å². The third kappa shape index (κ3) is 6.49. The Morgan fingerprint density at radius 2 is 1.70 bits per heavy atom. The summed E-state index contributed by atoms with van der Waals surface area (Å²) < 4.78 is 41.6. The molecule has 4 amide bonds. The van der Waals surface area contributed by atoms with Gasteiger partial charge < -0.3 is 13.7 Å². The van der Waals surface area contributed by atoms with Gasteiger partial charge in [-0.25, -0.2) is 4.79 Å². The Morgan fingerprint density at radius 3 is 2.40 bits per heavy atom. The molecule has 4 rings (SSSR count). The molecule has 0 unspecified atom stereocenters. The highest BCUT2D eigenvalue weighted by Gasteiger charge is 2.36. The van der Waals surface area contributed by atoms with Crippen molar-refractivity contribution in [1.82, 2.24) is 10.2 Å². The van der Waals surface area contributed by atoms with Gasteiger partial charge >= 0.3 is 16.1 Å². The van der Waals surface area contributed by atoms with Gasteiger partial charge in [0.1, 0.15) is 16.2 Å². The quantitative estimate of drug-likeness (QED) is 0.220. The van der Waals surface area contributed by atoms with Crippen LogP contribution in [0.25, 0.3) is 6.08 Å². The average Bonchev–Trinajstić information content (AvgIpc) is 2.92. The zero-order valence-corrected chi connectivity index (χ0v) is 23.0. The number of urea groups is 1. The van der Waals surface area contributed by atoms with Gasteiger partial charge in [0.25, 0.3) is 11.8 Å². The van der Waals surface area contributed by atoms with Gasteiger partial charge in [-0.2, -0.15) is 8.42 Å². The van der Waals surface area contributed by atoms with E-state index in [1.807, 2.05) is 13.8 Å². The molecule has 40 heavy (non-hydrogen) atoms. The van der Waals surface area contributed by atoms with Crippen molar-refractivity contribution in [2.45, 2.75) is 31.7 Å². The summed E-state index contributed by atoms with van der Waals surface area (Å²) >= 11 is 0. The fourth-order valence-corrected chi connectivity index (χ4v) is 4.79. The lowest BCUT2D eigenvalue weighted by molar-refractivity contribution is -0.130. The van der Waals surface area contributed by atoms with Gasteiger partial charge in [0.05, 0.1) is 20.3 Å². The number of carbonyl (C=O) groups excluding carboxylic acids is 3. The summed E-state index contributed by atoms with van der Waals surface area (Å²) in [7, 11) is -2.62. The maximum absolute atomic E-state index is 13.2. The Morgan fingerprint density at radius 1 is 0.950 bits per heavy atom. The summed E-state index contributed by atoms with van der Waals surface area (Å²) in [4.78, 5) is 39.2. The molecule has 1 N–H and O–H groups in total. The first-order chi connectivity index (χ1) is 19.1. The van der Waals surface area contributed by atoms with Crippen LogP contribution in [0.15, 0.2) is 77.2 Å². The molecule has 3 aromatic carbocycles. The van der Waals surface area contributed by atoms with Crippen molar-refractivity contribution < 1.29 is 36.5 Å². The molecular formula is C29H28N2O8S. The molecule has 0 aromatic heterocycles. The lowest BCUT2D eigenvalue weighted by Gasteiger charge is -2.26. The van der Waals surface area contributed by atoms with Crippen molar-refractivity contribution in [3.05, 3.63) is 89.0 Å². The first kappa shape index (κ1) is 28.4. The first-order valence-corrected chi connectivity index (χ1v) is 13.8. The topological polar surface area (TPSA) is 128 Å². The molecule has 11 heteroatoms. The summed E-state index contributed by atoms with van der Waals surface area (Å²) in [6, 6.07) is 16.3. The SMILES string of the molecule is CCCOc1ccc(CN2C(=O)NC(=O)/C(=C/c3cccc(OS(=O)(=O)c4ccc(C)cc4)c3)C2=O)cc1OC. The van der Waals surface area contributed by atoms with E-state index >= 15 is 0 Å². The highest BCUT2D eigenvalue weighted by molar-refractivity contribution is 7.87. The van der Waals surface area contributed by atoms with Gasteiger partial charge in [0, 0.05) is 0 Å². The Hall–Kier alpha value is -4.64. The Labute approximate surface area is 232 Å². The second-order valence-corrected chi connectivity index (χ2v) is 10.5. The molecule has 0 aliphatic carbocycles. The Kier molecular flexibility index (Phi) is 8.54. The van der Waals surface area contributed by atoms with Gasteiger partial charge in [-0.3, -0.25) is 19.8 Å². The maximum atomic E-state index is 13.2. The van der Waals surface area contributed by atoms with Crippen LogP contribution < -0.4 is 19.0 Å². The van der Waals surface area contributed by atoms with E-state index in [1.165, 1.54) is 43.5 Å². The van der Waals surface area contributed by atoms with E-state index in [1.54, 1.807) is 36.4 Å². The summed E-state index contributed by atoms with van der Waals surface area (Å²) in [5.74, 6) is -0.711. The number of barbiturate groups is 1. The first-order valence-electron chi connectivity index (χ1n) is 12.4. The standard InChI is InChI=1S/C29H28N2O8S/c1-4-14-38-25-13-10-21(17-26(25)37-3)18-31-28(33)24(27(32)30-29(31)34)16-20-6-5-7-22(15-20)39-40(35,36)23-11-8-19(2)9-12-23/h5-13,15-17H,4,14,18H2,1-3H3,(H,30,32,34)/b24-16-. The molecule has 0 atom stereocenters. The van der Waals surface area contributed by atoms with Crippen molar-refractivity contribution in [1.29, 1.82) is 0 Å². The fraction of sp³-hybridized carbons (Fsp3) is 0.207. The number of amides is 4. The van der Waals surface area contributed by atoms with Gasteiger partial charge in [-0.1, -0.05) is 42.8 Å². The third-order valence-corrected chi connectivity index (χ3v) is 7.16. The normalized spacial score (nSPS) is 14.7. The van der Waals surface area contributed by atoms with E-state index in [0.29, 0.717) is 29.2 Å². The monoisotopic (exact) mass is 564 g/mol. The molecular weight excluding hydrogens is 536 g/mol. The molecule has 1 aliphatic rings. The maximum Gasteiger partial charge on any atom is 0.339 e. The van der Waals surface area contributed by atoms with Gasteiger partial charge in [-0.15, -0.1) is 0 Å². The summed E-state index contributed by atoms with van der Waals surface area (Å²) in [6.45, 7) is 4.19. The number of nitrogens with zero attached hydrogens (tertiary/aromatic N) is 1. The molecule has 208 valence electrons. The summed E-state index contributed by atoms with van der Waals surface area (Å²) in [6.07, 6.45) is 2.08. The number of carbonyl (C=O) groups is 3. The third-order valence-electron chi connectivity index (χ3n) is 5.90. The molecule has 0 spiro atoms. The second kappa shape index (κ2) is 12.0. The predicted molar refractivity (Wildman–Crippen MR) is 146 cm³/mol. The van der Waals surface area contributed by atoms with Crippen LogP contribution >= 0.6 is 0 Å². The van der Waals surface area contributed by atoms with E-state index in [4.69, 9.17) is 13.7 Å². The number of imide groups is 2. The fourth-order valence-electron chi connectivity index (χ4n) is 3.86. The minimum Gasteiger partial charge on any atom is -0.493 e. The van der Waals surface area contributed by atoms with Crippen LogP contribution in [0.5, 0.6) is 17.2 Å².